The summed E-state index contributed by atoms with van der Waals surface area (Å²) in [5.41, 5.74) is 0.165. The molecule has 3 heterocycles. The summed E-state index contributed by atoms with van der Waals surface area (Å²) >= 11 is 0. The Bertz CT molecular complexity index is 691. The molecule has 0 bridgehead atoms. The molecule has 1 aromatic rings. The van der Waals surface area contributed by atoms with Gasteiger partial charge >= 0.3 is 0 Å². The van der Waals surface area contributed by atoms with Gasteiger partial charge in [0.2, 0.25) is 5.91 Å². The summed E-state index contributed by atoms with van der Waals surface area (Å²) in [6.45, 7) is 6.49. The van der Waals surface area contributed by atoms with Crippen molar-refractivity contribution < 1.29 is 14.3 Å². The molecule has 7 nitrogen and oxygen atoms in total. The fourth-order valence-electron chi connectivity index (χ4n) is 4.36. The van der Waals surface area contributed by atoms with Gasteiger partial charge in [-0.2, -0.15) is 0 Å². The molecule has 2 saturated heterocycles. The lowest BCUT2D eigenvalue weighted by Crippen LogP contribution is -2.54. The molecule has 2 atom stereocenters. The van der Waals surface area contributed by atoms with E-state index in [0.29, 0.717) is 24.4 Å². The van der Waals surface area contributed by atoms with Crippen LogP contribution in [-0.2, 0) is 9.53 Å². The Balaban J connectivity index is 1.95. The third-order valence-electron chi connectivity index (χ3n) is 5.30. The van der Waals surface area contributed by atoms with E-state index in [4.69, 9.17) is 4.74 Å². The quantitative estimate of drug-likeness (QED) is 0.896. The van der Waals surface area contributed by atoms with Crippen molar-refractivity contribution in [2.24, 2.45) is 0 Å². The van der Waals surface area contributed by atoms with Gasteiger partial charge in [-0.05, 0) is 33.6 Å². The van der Waals surface area contributed by atoms with Crippen molar-refractivity contribution in [3.05, 3.63) is 23.8 Å². The van der Waals surface area contributed by atoms with E-state index < -0.39 is 5.54 Å². The minimum absolute atomic E-state index is 0.0722. The Hall–Kier alpha value is -2.02. The number of hydrogen-bond acceptors (Lipinski definition) is 5. The zero-order valence-corrected chi connectivity index (χ0v) is 15.3. The Morgan fingerprint density at radius 3 is 2.76 bits per heavy atom. The number of aromatic nitrogens is 2. The molecule has 136 valence electrons. The van der Waals surface area contributed by atoms with Crippen LogP contribution in [0.15, 0.2) is 12.4 Å². The molecule has 1 spiro atoms. The van der Waals surface area contributed by atoms with E-state index in [1.54, 1.807) is 26.4 Å². The molecule has 2 aliphatic heterocycles. The first-order valence-electron chi connectivity index (χ1n) is 8.77. The number of likely N-dealkylation sites (tertiary alicyclic amines) is 1. The molecule has 7 heteroatoms. The highest BCUT2D eigenvalue weighted by atomic mass is 16.5. The van der Waals surface area contributed by atoms with Crippen molar-refractivity contribution in [3.63, 3.8) is 0 Å². The van der Waals surface area contributed by atoms with Crippen molar-refractivity contribution in [3.8, 4) is 0 Å². The lowest BCUT2D eigenvalue weighted by molar-refractivity contribution is -0.126. The van der Waals surface area contributed by atoms with E-state index in [1.165, 1.54) is 0 Å². The van der Waals surface area contributed by atoms with Crippen molar-refractivity contribution >= 4 is 11.8 Å². The second kappa shape index (κ2) is 6.37. The van der Waals surface area contributed by atoms with Crippen LogP contribution in [-0.4, -0.2) is 57.5 Å². The average molecular weight is 346 g/mol. The van der Waals surface area contributed by atoms with E-state index in [1.807, 2.05) is 18.7 Å². The molecular formula is C18H26N4O3. The maximum absolute atomic E-state index is 13.2. The molecule has 0 unspecified atom stereocenters. The van der Waals surface area contributed by atoms with Gasteiger partial charge in [0, 0.05) is 32.4 Å². The summed E-state index contributed by atoms with van der Waals surface area (Å²) in [5.74, 6) is -0.191. The molecule has 2 amide bonds. The normalized spacial score (nSPS) is 27.7. The molecule has 3 rings (SSSR count). The predicted molar refractivity (Wildman–Crippen MR) is 92.0 cm³/mol. The number of ether oxygens (including phenoxy) is 1. The van der Waals surface area contributed by atoms with Crippen LogP contribution in [0.1, 0.15) is 55.7 Å². The summed E-state index contributed by atoms with van der Waals surface area (Å²) in [5, 5.41) is 2.67. The number of amides is 2. The van der Waals surface area contributed by atoms with Crippen LogP contribution in [0, 0.1) is 6.92 Å². The first kappa shape index (κ1) is 17.8. The zero-order valence-electron chi connectivity index (χ0n) is 15.3. The van der Waals surface area contributed by atoms with Crippen molar-refractivity contribution in [1.29, 1.82) is 0 Å². The van der Waals surface area contributed by atoms with E-state index >= 15 is 0 Å². The van der Waals surface area contributed by atoms with Gasteiger partial charge in [-0.3, -0.25) is 14.6 Å². The van der Waals surface area contributed by atoms with Crippen molar-refractivity contribution in [1.82, 2.24) is 20.2 Å². The SMILES string of the molecule is CNC(=O)C[C@@H]1OC(C)(C)C[C@]12CCCN2C(=O)c1nccnc1C. The van der Waals surface area contributed by atoms with Crippen LogP contribution in [0.5, 0.6) is 0 Å². The highest BCUT2D eigenvalue weighted by molar-refractivity contribution is 5.94. The number of rotatable bonds is 3. The highest BCUT2D eigenvalue weighted by Crippen LogP contribution is 2.49. The molecule has 25 heavy (non-hydrogen) atoms. The van der Waals surface area contributed by atoms with E-state index in [0.717, 1.165) is 12.8 Å². The fourth-order valence-corrected chi connectivity index (χ4v) is 4.36. The molecule has 2 aliphatic rings. The standard InChI is InChI=1S/C18H26N4O3/c1-12-15(21-8-7-20-12)16(24)22-9-5-6-18(22)11-17(2,3)25-13(18)10-14(23)19-4/h7-8,13H,5-6,9-11H2,1-4H3,(H,19,23)/t13-,18+/m0/s1. The van der Waals surface area contributed by atoms with Gasteiger partial charge in [0.05, 0.1) is 29.4 Å². The molecule has 2 fully saturated rings. The molecule has 1 aromatic heterocycles. The van der Waals surface area contributed by atoms with E-state index in [9.17, 15) is 9.59 Å². The van der Waals surface area contributed by atoms with Crippen LogP contribution >= 0.6 is 0 Å². The Labute approximate surface area is 148 Å². The molecular weight excluding hydrogens is 320 g/mol. The molecule has 1 N–H and O–H groups in total. The largest absolute Gasteiger partial charge is 0.369 e. The van der Waals surface area contributed by atoms with Gasteiger partial charge < -0.3 is 15.0 Å². The molecule has 0 aliphatic carbocycles. The second-order valence-corrected chi connectivity index (χ2v) is 7.57. The number of carbonyl (C=O) groups is 2. The van der Waals surface area contributed by atoms with E-state index in [2.05, 4.69) is 15.3 Å². The van der Waals surface area contributed by atoms with Crippen LogP contribution < -0.4 is 5.32 Å². The smallest absolute Gasteiger partial charge is 0.274 e. The summed E-state index contributed by atoms with van der Waals surface area (Å²) in [7, 11) is 1.62. The third kappa shape index (κ3) is 3.13. The maximum Gasteiger partial charge on any atom is 0.274 e. The third-order valence-corrected chi connectivity index (χ3v) is 5.30. The van der Waals surface area contributed by atoms with Gasteiger partial charge in [0.1, 0.15) is 5.69 Å². The first-order valence-corrected chi connectivity index (χ1v) is 8.77. The van der Waals surface area contributed by atoms with Crippen molar-refractivity contribution in [2.75, 3.05) is 13.6 Å². The lowest BCUT2D eigenvalue weighted by Gasteiger charge is -2.38. The van der Waals surface area contributed by atoms with Gasteiger partial charge in [0.15, 0.2) is 0 Å². The first-order chi connectivity index (χ1) is 11.8. The van der Waals surface area contributed by atoms with Crippen molar-refractivity contribution in [2.45, 2.75) is 63.7 Å². The van der Waals surface area contributed by atoms with Gasteiger partial charge in [-0.1, -0.05) is 0 Å². The Morgan fingerprint density at radius 1 is 1.36 bits per heavy atom. The Morgan fingerprint density at radius 2 is 2.08 bits per heavy atom. The number of nitrogens with one attached hydrogen (secondary N) is 1. The maximum atomic E-state index is 13.2. The topological polar surface area (TPSA) is 84.4 Å². The lowest BCUT2D eigenvalue weighted by atomic mass is 9.82. The van der Waals surface area contributed by atoms with Gasteiger partial charge in [0.25, 0.3) is 5.91 Å². The van der Waals surface area contributed by atoms with Crippen LogP contribution in [0.4, 0.5) is 0 Å². The molecule has 0 aromatic carbocycles. The van der Waals surface area contributed by atoms with Crippen LogP contribution in [0.2, 0.25) is 0 Å². The fraction of sp³-hybridized carbons (Fsp3) is 0.667. The van der Waals surface area contributed by atoms with Crippen LogP contribution in [0.3, 0.4) is 0 Å². The minimum Gasteiger partial charge on any atom is -0.369 e. The van der Waals surface area contributed by atoms with E-state index in [-0.39, 0.29) is 29.9 Å². The molecule has 0 saturated carbocycles. The predicted octanol–water partition coefficient (Wildman–Crippen LogP) is 1.46. The summed E-state index contributed by atoms with van der Waals surface area (Å²) in [6, 6.07) is 0. The van der Waals surface area contributed by atoms with Crippen LogP contribution in [0.25, 0.3) is 0 Å². The highest BCUT2D eigenvalue weighted by Gasteiger charge is 2.58. The number of hydrogen-bond donors (Lipinski definition) is 1. The monoisotopic (exact) mass is 346 g/mol. The average Bonchev–Trinajstić information content (AvgIpc) is 3.08. The summed E-state index contributed by atoms with van der Waals surface area (Å²) < 4.78 is 6.21. The Kier molecular flexibility index (Phi) is 4.53. The summed E-state index contributed by atoms with van der Waals surface area (Å²) in [4.78, 5) is 35.5. The molecule has 0 radical (unpaired) electrons. The number of aryl methyl sites for hydroxylation is 1. The van der Waals surface area contributed by atoms with Gasteiger partial charge in [-0.15, -0.1) is 0 Å². The number of carbonyl (C=O) groups excluding carboxylic acids is 2. The summed E-state index contributed by atoms with van der Waals surface area (Å²) in [6.07, 6.45) is 5.52. The second-order valence-electron chi connectivity index (χ2n) is 7.57. The minimum atomic E-state index is -0.461. The van der Waals surface area contributed by atoms with Gasteiger partial charge in [-0.25, -0.2) is 4.98 Å². The zero-order chi connectivity index (χ0) is 18.2. The number of nitrogens with zero attached hydrogens (tertiary/aromatic N) is 3.